The molecule has 0 saturated carbocycles. The van der Waals surface area contributed by atoms with Crippen molar-refractivity contribution < 1.29 is 4.79 Å². The van der Waals surface area contributed by atoms with Gasteiger partial charge in [-0.1, -0.05) is 64.1 Å². The van der Waals surface area contributed by atoms with Gasteiger partial charge in [0.2, 0.25) is 5.91 Å². The number of benzene rings is 2. The highest BCUT2D eigenvalue weighted by Crippen LogP contribution is 2.25. The molecule has 0 spiro atoms. The van der Waals surface area contributed by atoms with Crippen LogP contribution in [0.15, 0.2) is 54.6 Å². The van der Waals surface area contributed by atoms with Crippen molar-refractivity contribution >= 4 is 17.7 Å². The van der Waals surface area contributed by atoms with E-state index >= 15 is 0 Å². The molecular weight excluding hydrogens is 368 g/mol. The highest BCUT2D eigenvalue weighted by atomic mass is 16.1. The fourth-order valence-corrected chi connectivity index (χ4v) is 3.85. The molecule has 3 nitrogen and oxygen atoms in total. The molecule has 3 rings (SSSR count). The molecule has 0 aromatic heterocycles. The number of rotatable bonds is 5. The van der Waals surface area contributed by atoms with E-state index in [9.17, 15) is 4.79 Å². The molecule has 1 N–H and O–H groups in total. The topological polar surface area (TPSA) is 32.3 Å². The maximum Gasteiger partial charge on any atom is 0.244 e. The van der Waals surface area contributed by atoms with Crippen molar-refractivity contribution in [2.45, 2.75) is 58.9 Å². The van der Waals surface area contributed by atoms with E-state index in [0.29, 0.717) is 0 Å². The molecule has 1 amide bonds. The summed E-state index contributed by atoms with van der Waals surface area (Å²) in [4.78, 5) is 14.8. The number of nitrogens with zero attached hydrogens (tertiary/aromatic N) is 1. The zero-order chi connectivity index (χ0) is 21.7. The number of amides is 1. The zero-order valence-corrected chi connectivity index (χ0v) is 19.1. The molecular formula is C27H36N2O. The fourth-order valence-electron chi connectivity index (χ4n) is 3.85. The molecule has 2 aromatic rings. The van der Waals surface area contributed by atoms with Crippen LogP contribution in [-0.2, 0) is 10.2 Å². The number of piperidine rings is 1. The maximum absolute atomic E-state index is 12.4. The van der Waals surface area contributed by atoms with Gasteiger partial charge in [0.05, 0.1) is 6.04 Å². The van der Waals surface area contributed by atoms with Gasteiger partial charge in [-0.15, -0.1) is 0 Å². The highest BCUT2D eigenvalue weighted by molar-refractivity contribution is 5.92. The molecule has 3 heteroatoms. The Labute approximate surface area is 182 Å². The van der Waals surface area contributed by atoms with Gasteiger partial charge in [0.1, 0.15) is 0 Å². The Morgan fingerprint density at radius 1 is 1.03 bits per heavy atom. The van der Waals surface area contributed by atoms with Crippen LogP contribution in [0.1, 0.15) is 70.2 Å². The second-order valence-electron chi connectivity index (χ2n) is 9.70. The number of carbonyl (C=O) groups excluding carboxylic acids is 1. The van der Waals surface area contributed by atoms with Gasteiger partial charge in [-0.25, -0.2) is 0 Å². The van der Waals surface area contributed by atoms with E-state index in [2.05, 4.69) is 86.4 Å². The summed E-state index contributed by atoms with van der Waals surface area (Å²) in [5, 5.41) is 3.07. The van der Waals surface area contributed by atoms with Gasteiger partial charge in [-0.05, 0) is 66.0 Å². The molecule has 1 unspecified atom stereocenters. The average Bonchev–Trinajstić information content (AvgIpc) is 2.72. The van der Waals surface area contributed by atoms with Crippen molar-refractivity contribution in [3.63, 3.8) is 0 Å². The largest absolute Gasteiger partial charge is 0.372 e. The van der Waals surface area contributed by atoms with E-state index < -0.39 is 0 Å². The first kappa shape index (κ1) is 22.1. The first-order valence-corrected chi connectivity index (χ1v) is 11.2. The molecule has 1 heterocycles. The second kappa shape index (κ2) is 9.51. The molecule has 1 aliphatic heterocycles. The van der Waals surface area contributed by atoms with Crippen molar-refractivity contribution in [2.75, 3.05) is 18.0 Å². The molecule has 1 fully saturated rings. The monoisotopic (exact) mass is 404 g/mol. The third-order valence-corrected chi connectivity index (χ3v) is 6.10. The van der Waals surface area contributed by atoms with Gasteiger partial charge < -0.3 is 10.2 Å². The predicted molar refractivity (Wildman–Crippen MR) is 128 cm³/mol. The number of nitrogens with one attached hydrogen (secondary N) is 1. The van der Waals surface area contributed by atoms with E-state index in [0.717, 1.165) is 30.1 Å². The summed E-state index contributed by atoms with van der Waals surface area (Å²) in [6.45, 7) is 13.2. The van der Waals surface area contributed by atoms with E-state index in [1.807, 2.05) is 13.0 Å². The second-order valence-corrected chi connectivity index (χ2v) is 9.70. The van der Waals surface area contributed by atoms with Crippen molar-refractivity contribution in [3.05, 3.63) is 71.3 Å². The van der Waals surface area contributed by atoms with Crippen LogP contribution in [-0.4, -0.2) is 19.0 Å². The van der Waals surface area contributed by atoms with Crippen molar-refractivity contribution in [2.24, 2.45) is 5.92 Å². The predicted octanol–water partition coefficient (Wildman–Crippen LogP) is 6.11. The van der Waals surface area contributed by atoms with Crippen LogP contribution < -0.4 is 10.2 Å². The Balaban J connectivity index is 1.54. The SMILES string of the molecule is CC1CCN(c2ccc(C(C)NC(=O)/C=C/c3ccc(C(C)(C)C)cc3)cc2)CC1. The van der Waals surface area contributed by atoms with Crippen LogP contribution in [0.3, 0.4) is 0 Å². The number of carbonyl (C=O) groups is 1. The Morgan fingerprint density at radius 3 is 2.20 bits per heavy atom. The average molecular weight is 405 g/mol. The summed E-state index contributed by atoms with van der Waals surface area (Å²) >= 11 is 0. The number of anilines is 1. The van der Waals surface area contributed by atoms with E-state index in [-0.39, 0.29) is 17.4 Å². The van der Waals surface area contributed by atoms with Crippen molar-refractivity contribution in [1.82, 2.24) is 5.32 Å². The van der Waals surface area contributed by atoms with E-state index in [1.165, 1.54) is 24.1 Å². The lowest BCUT2D eigenvalue weighted by Crippen LogP contribution is -2.32. The summed E-state index contributed by atoms with van der Waals surface area (Å²) in [6.07, 6.45) is 6.01. The van der Waals surface area contributed by atoms with E-state index in [1.54, 1.807) is 6.08 Å². The van der Waals surface area contributed by atoms with E-state index in [4.69, 9.17) is 0 Å². The summed E-state index contributed by atoms with van der Waals surface area (Å²) in [6, 6.07) is 17.0. The van der Waals surface area contributed by atoms with Crippen LogP contribution in [0.4, 0.5) is 5.69 Å². The highest BCUT2D eigenvalue weighted by Gasteiger charge is 2.16. The summed E-state index contributed by atoms with van der Waals surface area (Å²) in [5.41, 5.74) is 4.87. The van der Waals surface area contributed by atoms with Gasteiger partial charge >= 0.3 is 0 Å². The standard InChI is InChI=1S/C27H36N2O/c1-20-16-18-29(19-17-20)25-13-9-23(10-14-25)21(2)28-26(30)15-8-22-6-11-24(12-7-22)27(3,4)5/h6-15,20-21H,16-19H2,1-5H3,(H,28,30)/b15-8+. The Morgan fingerprint density at radius 2 is 1.63 bits per heavy atom. The van der Waals surface area contributed by atoms with Crippen LogP contribution in [0.5, 0.6) is 0 Å². The number of hydrogen-bond acceptors (Lipinski definition) is 2. The molecule has 0 bridgehead atoms. The molecule has 0 aliphatic carbocycles. The lowest BCUT2D eigenvalue weighted by molar-refractivity contribution is -0.117. The van der Waals surface area contributed by atoms with Crippen molar-refractivity contribution in [3.8, 4) is 0 Å². The minimum Gasteiger partial charge on any atom is -0.372 e. The van der Waals surface area contributed by atoms with Gasteiger partial charge in [0.15, 0.2) is 0 Å². The normalized spacial score (nSPS) is 16.6. The molecule has 1 saturated heterocycles. The number of hydrogen-bond donors (Lipinski definition) is 1. The minimum atomic E-state index is -0.0727. The first-order valence-electron chi connectivity index (χ1n) is 11.2. The van der Waals surface area contributed by atoms with Gasteiger partial charge in [-0.3, -0.25) is 4.79 Å². The third kappa shape index (κ3) is 5.98. The van der Waals surface area contributed by atoms with Crippen molar-refractivity contribution in [1.29, 1.82) is 0 Å². The van der Waals surface area contributed by atoms with Gasteiger partial charge in [0.25, 0.3) is 0 Å². The Bertz CT molecular complexity index is 851. The Hall–Kier alpha value is -2.55. The molecule has 160 valence electrons. The lowest BCUT2D eigenvalue weighted by atomic mass is 9.87. The smallest absolute Gasteiger partial charge is 0.244 e. The van der Waals surface area contributed by atoms with Crippen LogP contribution >= 0.6 is 0 Å². The minimum absolute atomic E-state index is 0.0270. The molecule has 2 aromatic carbocycles. The molecule has 0 radical (unpaired) electrons. The van der Waals surface area contributed by atoms with Crippen LogP contribution in [0.25, 0.3) is 6.08 Å². The summed E-state index contributed by atoms with van der Waals surface area (Å²) < 4.78 is 0. The third-order valence-electron chi connectivity index (χ3n) is 6.10. The van der Waals surface area contributed by atoms with Gasteiger partial charge in [-0.2, -0.15) is 0 Å². The maximum atomic E-state index is 12.4. The van der Waals surface area contributed by atoms with Crippen LogP contribution in [0, 0.1) is 5.92 Å². The van der Waals surface area contributed by atoms with Gasteiger partial charge in [0, 0.05) is 24.9 Å². The first-order chi connectivity index (χ1) is 14.2. The summed E-state index contributed by atoms with van der Waals surface area (Å²) in [7, 11) is 0. The fraction of sp³-hybridized carbons (Fsp3) is 0.444. The Kier molecular flexibility index (Phi) is 7.02. The summed E-state index contributed by atoms with van der Waals surface area (Å²) in [5.74, 6) is 0.761. The quantitative estimate of drug-likeness (QED) is 0.610. The molecule has 1 atom stereocenters. The lowest BCUT2D eigenvalue weighted by Gasteiger charge is -2.32. The molecule has 1 aliphatic rings. The molecule has 30 heavy (non-hydrogen) atoms. The zero-order valence-electron chi connectivity index (χ0n) is 19.1. The van der Waals surface area contributed by atoms with Crippen LogP contribution in [0.2, 0.25) is 0 Å².